The summed E-state index contributed by atoms with van der Waals surface area (Å²) in [4.78, 5) is 23.5. The summed E-state index contributed by atoms with van der Waals surface area (Å²) in [6, 6.07) is 12.6. The van der Waals surface area contributed by atoms with Crippen molar-refractivity contribution in [3.05, 3.63) is 48.0 Å². The van der Waals surface area contributed by atoms with Crippen molar-refractivity contribution in [3.8, 4) is 0 Å². The summed E-state index contributed by atoms with van der Waals surface area (Å²) in [5.41, 5.74) is 0.163. The Balaban J connectivity index is 2.22. The van der Waals surface area contributed by atoms with Crippen molar-refractivity contribution in [2.45, 2.75) is 45.3 Å². The van der Waals surface area contributed by atoms with E-state index in [4.69, 9.17) is 4.74 Å². The fourth-order valence-corrected chi connectivity index (χ4v) is 2.52. The van der Waals surface area contributed by atoms with Crippen LogP contribution in [-0.2, 0) is 9.53 Å². The van der Waals surface area contributed by atoms with Gasteiger partial charge in [0.1, 0.15) is 11.6 Å². The molecule has 2 atom stereocenters. The van der Waals surface area contributed by atoms with Crippen LogP contribution >= 0.6 is 0 Å². The highest BCUT2D eigenvalue weighted by atomic mass is 16.6. The number of carbonyl (C=O) groups is 2. The van der Waals surface area contributed by atoms with Gasteiger partial charge in [0.25, 0.3) is 0 Å². The first kappa shape index (κ1) is 17.8. The third-order valence-corrected chi connectivity index (χ3v) is 3.74. The van der Waals surface area contributed by atoms with Crippen LogP contribution in [0.25, 0.3) is 10.8 Å². The van der Waals surface area contributed by atoms with Crippen molar-refractivity contribution < 1.29 is 19.4 Å². The number of carbonyl (C=O) groups excluding carboxylic acids is 1. The van der Waals surface area contributed by atoms with E-state index < -0.39 is 29.6 Å². The molecule has 0 aliphatic heterocycles. The van der Waals surface area contributed by atoms with Gasteiger partial charge in [-0.3, -0.25) is 0 Å². The predicted molar refractivity (Wildman–Crippen MR) is 93.2 cm³/mol. The second-order valence-corrected chi connectivity index (χ2v) is 6.86. The number of hydrogen-bond acceptors (Lipinski definition) is 3. The lowest BCUT2D eigenvalue weighted by atomic mass is 9.91. The van der Waals surface area contributed by atoms with Crippen LogP contribution in [0.4, 0.5) is 4.79 Å². The lowest BCUT2D eigenvalue weighted by Gasteiger charge is -2.25. The molecular formula is C19H23NO4. The Morgan fingerprint density at radius 1 is 1.08 bits per heavy atom. The SMILES string of the molecule is C[C@H](c1ccc2ccccc2c1)[C@H](NC(=O)OC(C)(C)C)C(=O)O. The second kappa shape index (κ2) is 6.91. The molecule has 0 aromatic heterocycles. The summed E-state index contributed by atoms with van der Waals surface area (Å²) in [6.45, 7) is 6.97. The molecule has 128 valence electrons. The number of aliphatic carboxylic acids is 1. The zero-order valence-corrected chi connectivity index (χ0v) is 14.4. The van der Waals surface area contributed by atoms with Gasteiger partial charge in [-0.1, -0.05) is 49.4 Å². The molecule has 0 heterocycles. The molecule has 0 saturated carbocycles. The highest BCUT2D eigenvalue weighted by Gasteiger charge is 2.29. The summed E-state index contributed by atoms with van der Waals surface area (Å²) in [6.07, 6.45) is -0.734. The Morgan fingerprint density at radius 3 is 2.29 bits per heavy atom. The maximum absolute atomic E-state index is 11.9. The zero-order chi connectivity index (χ0) is 17.9. The smallest absolute Gasteiger partial charge is 0.408 e. The summed E-state index contributed by atoms with van der Waals surface area (Å²) in [5.74, 6) is -1.50. The van der Waals surface area contributed by atoms with E-state index in [9.17, 15) is 14.7 Å². The molecule has 0 aliphatic carbocycles. The lowest BCUT2D eigenvalue weighted by molar-refractivity contribution is -0.140. The summed E-state index contributed by atoms with van der Waals surface area (Å²) in [5, 5.41) is 14.1. The third-order valence-electron chi connectivity index (χ3n) is 3.74. The summed E-state index contributed by atoms with van der Waals surface area (Å²) < 4.78 is 5.16. The van der Waals surface area contributed by atoms with E-state index >= 15 is 0 Å². The van der Waals surface area contributed by atoms with E-state index in [2.05, 4.69) is 5.32 Å². The van der Waals surface area contributed by atoms with Crippen LogP contribution in [0.2, 0.25) is 0 Å². The molecule has 2 rings (SSSR count). The van der Waals surface area contributed by atoms with Gasteiger partial charge >= 0.3 is 12.1 Å². The largest absolute Gasteiger partial charge is 0.480 e. The monoisotopic (exact) mass is 329 g/mol. The van der Waals surface area contributed by atoms with Gasteiger partial charge in [0, 0.05) is 5.92 Å². The third kappa shape index (κ3) is 4.47. The first-order chi connectivity index (χ1) is 11.2. The molecule has 0 aliphatic rings. The van der Waals surface area contributed by atoms with Crippen LogP contribution in [0.5, 0.6) is 0 Å². The summed E-state index contributed by atoms with van der Waals surface area (Å²) >= 11 is 0. The minimum absolute atomic E-state index is 0.403. The van der Waals surface area contributed by atoms with Crippen LogP contribution in [0.1, 0.15) is 39.2 Å². The van der Waals surface area contributed by atoms with Crippen LogP contribution in [0.15, 0.2) is 42.5 Å². The molecule has 5 nitrogen and oxygen atoms in total. The van der Waals surface area contributed by atoms with E-state index in [0.29, 0.717) is 0 Å². The molecule has 0 fully saturated rings. The minimum Gasteiger partial charge on any atom is -0.480 e. The van der Waals surface area contributed by atoms with Gasteiger partial charge in [0.2, 0.25) is 0 Å². The van der Waals surface area contributed by atoms with Crippen LogP contribution in [0.3, 0.4) is 0 Å². The first-order valence-corrected chi connectivity index (χ1v) is 7.88. The van der Waals surface area contributed by atoms with Crippen molar-refractivity contribution in [1.29, 1.82) is 0 Å². The van der Waals surface area contributed by atoms with Gasteiger partial charge in [0.15, 0.2) is 0 Å². The Morgan fingerprint density at radius 2 is 1.71 bits per heavy atom. The topological polar surface area (TPSA) is 75.6 Å². The molecule has 0 radical (unpaired) electrons. The number of rotatable bonds is 4. The molecule has 24 heavy (non-hydrogen) atoms. The van der Waals surface area contributed by atoms with E-state index in [-0.39, 0.29) is 0 Å². The van der Waals surface area contributed by atoms with E-state index in [1.807, 2.05) is 42.5 Å². The van der Waals surface area contributed by atoms with Crippen LogP contribution < -0.4 is 5.32 Å². The molecule has 0 bridgehead atoms. The molecule has 0 unspecified atom stereocenters. The van der Waals surface area contributed by atoms with Crippen LogP contribution in [-0.4, -0.2) is 28.8 Å². The molecule has 5 heteroatoms. The Labute approximate surface area is 141 Å². The number of carboxylic acids is 1. The number of alkyl carbamates (subject to hydrolysis) is 1. The van der Waals surface area contributed by atoms with Gasteiger partial charge in [-0.2, -0.15) is 0 Å². The molecule has 2 N–H and O–H groups in total. The standard InChI is InChI=1S/C19H23NO4/c1-12(14-10-9-13-7-5-6-8-15(13)11-14)16(17(21)22)20-18(23)24-19(2,3)4/h5-12,16H,1-4H3,(H,20,23)(H,21,22)/t12-,16+/m1/s1. The number of carboxylic acid groups (broad SMARTS) is 1. The number of fused-ring (bicyclic) bond motifs is 1. The number of benzene rings is 2. The molecular weight excluding hydrogens is 306 g/mol. The quantitative estimate of drug-likeness (QED) is 0.891. The van der Waals surface area contributed by atoms with Crippen molar-refractivity contribution in [2.24, 2.45) is 0 Å². The summed E-state index contributed by atoms with van der Waals surface area (Å²) in [7, 11) is 0. The number of nitrogens with one attached hydrogen (secondary N) is 1. The number of hydrogen-bond donors (Lipinski definition) is 2. The minimum atomic E-state index is -1.10. The van der Waals surface area contributed by atoms with Crippen molar-refractivity contribution in [3.63, 3.8) is 0 Å². The highest BCUT2D eigenvalue weighted by Crippen LogP contribution is 2.24. The average molecular weight is 329 g/mol. The highest BCUT2D eigenvalue weighted by molar-refractivity contribution is 5.84. The molecule has 2 aromatic rings. The molecule has 1 amide bonds. The number of ether oxygens (including phenoxy) is 1. The van der Waals surface area contributed by atoms with Crippen molar-refractivity contribution >= 4 is 22.8 Å². The normalized spacial score (nSPS) is 14.0. The maximum Gasteiger partial charge on any atom is 0.408 e. The lowest BCUT2D eigenvalue weighted by Crippen LogP contribution is -2.46. The predicted octanol–water partition coefficient (Wildman–Crippen LogP) is 3.92. The molecule has 0 saturated heterocycles. The first-order valence-electron chi connectivity index (χ1n) is 7.88. The van der Waals surface area contributed by atoms with Gasteiger partial charge in [-0.15, -0.1) is 0 Å². The Bertz CT molecular complexity index is 748. The average Bonchev–Trinajstić information content (AvgIpc) is 2.49. The van der Waals surface area contributed by atoms with E-state index in [1.54, 1.807) is 27.7 Å². The van der Waals surface area contributed by atoms with Gasteiger partial charge < -0.3 is 15.2 Å². The van der Waals surface area contributed by atoms with E-state index in [1.165, 1.54) is 0 Å². The second-order valence-electron chi connectivity index (χ2n) is 6.86. The van der Waals surface area contributed by atoms with Crippen molar-refractivity contribution in [1.82, 2.24) is 5.32 Å². The molecule has 0 spiro atoms. The Hall–Kier alpha value is -2.56. The zero-order valence-electron chi connectivity index (χ0n) is 14.4. The number of amides is 1. The maximum atomic E-state index is 11.9. The van der Waals surface area contributed by atoms with Gasteiger partial charge in [0.05, 0.1) is 0 Å². The van der Waals surface area contributed by atoms with Gasteiger partial charge in [-0.05, 0) is 37.1 Å². The van der Waals surface area contributed by atoms with Crippen LogP contribution in [0, 0.1) is 0 Å². The van der Waals surface area contributed by atoms with E-state index in [0.717, 1.165) is 16.3 Å². The molecule has 2 aromatic carbocycles. The fourth-order valence-electron chi connectivity index (χ4n) is 2.52. The van der Waals surface area contributed by atoms with Gasteiger partial charge in [-0.25, -0.2) is 9.59 Å². The van der Waals surface area contributed by atoms with Crippen molar-refractivity contribution in [2.75, 3.05) is 0 Å². The Kier molecular flexibility index (Phi) is 5.12. The fraction of sp³-hybridized carbons (Fsp3) is 0.368.